The number of aryl methyl sites for hydroxylation is 1. The second-order valence-electron chi connectivity index (χ2n) is 7.62. The molecule has 0 aliphatic rings. The Bertz CT molecular complexity index is 1110. The van der Waals surface area contributed by atoms with Crippen molar-refractivity contribution in [2.24, 2.45) is 0 Å². The fourth-order valence-corrected chi connectivity index (χ4v) is 3.19. The quantitative estimate of drug-likeness (QED) is 0.372. The lowest BCUT2D eigenvalue weighted by Crippen LogP contribution is -2.40. The number of rotatable bonds is 7. The third-order valence-corrected chi connectivity index (χ3v) is 4.98. The normalized spacial score (nSPS) is 14.0. The van der Waals surface area contributed by atoms with Crippen LogP contribution in [0.4, 0.5) is 30.7 Å². The van der Waals surface area contributed by atoms with Gasteiger partial charge in [0.1, 0.15) is 17.3 Å². The molecule has 0 bridgehead atoms. The lowest BCUT2D eigenvalue weighted by Gasteiger charge is -2.24. The highest BCUT2D eigenvalue weighted by atomic mass is 19.4. The van der Waals surface area contributed by atoms with Gasteiger partial charge in [-0.2, -0.15) is 26.3 Å². The standard InChI is InChI=1S/C24H20F7NO2/c1-14-5-8-17(9-6-14)34-18-4-2-3-15(11-18)22(32-13-21(33)24(29,30)31)19-10-7-16(12-20(19)25)23(26,27)28/h2-12,21-22,32-33H,13H2,1H3/t21-,22?/m1/s1. The smallest absolute Gasteiger partial charge is 0.416 e. The number of hydrogen-bond donors (Lipinski definition) is 2. The minimum absolute atomic E-state index is 0.220. The second-order valence-corrected chi connectivity index (χ2v) is 7.62. The maximum Gasteiger partial charge on any atom is 0.416 e. The summed E-state index contributed by atoms with van der Waals surface area (Å²) in [4.78, 5) is 0. The van der Waals surface area contributed by atoms with Crippen LogP contribution in [0.1, 0.15) is 28.3 Å². The van der Waals surface area contributed by atoms with Crippen molar-refractivity contribution in [2.75, 3.05) is 6.54 Å². The Morgan fingerprint density at radius 3 is 2.15 bits per heavy atom. The van der Waals surface area contributed by atoms with Crippen LogP contribution < -0.4 is 10.1 Å². The van der Waals surface area contributed by atoms with Crippen molar-refractivity contribution in [3.8, 4) is 11.5 Å². The highest BCUT2D eigenvalue weighted by molar-refractivity contribution is 5.40. The average molecular weight is 487 g/mol. The van der Waals surface area contributed by atoms with E-state index in [1.54, 1.807) is 30.3 Å². The van der Waals surface area contributed by atoms with Gasteiger partial charge < -0.3 is 15.2 Å². The number of nitrogens with one attached hydrogen (secondary N) is 1. The molecule has 0 aliphatic carbocycles. The first kappa shape index (κ1) is 25.5. The van der Waals surface area contributed by atoms with Gasteiger partial charge in [-0.05, 0) is 48.9 Å². The van der Waals surface area contributed by atoms with Gasteiger partial charge in [-0.3, -0.25) is 0 Å². The van der Waals surface area contributed by atoms with Crippen molar-refractivity contribution in [1.29, 1.82) is 0 Å². The molecule has 0 saturated heterocycles. The van der Waals surface area contributed by atoms with Crippen LogP contribution in [0.5, 0.6) is 11.5 Å². The van der Waals surface area contributed by atoms with Gasteiger partial charge in [0.15, 0.2) is 6.10 Å². The first-order valence-corrected chi connectivity index (χ1v) is 10.0. The molecule has 0 radical (unpaired) electrons. The monoisotopic (exact) mass is 487 g/mol. The molecule has 2 N–H and O–H groups in total. The molecule has 3 aromatic carbocycles. The van der Waals surface area contributed by atoms with Gasteiger partial charge in [0.05, 0.1) is 11.6 Å². The zero-order chi connectivity index (χ0) is 25.1. The molecule has 1 unspecified atom stereocenters. The predicted molar refractivity (Wildman–Crippen MR) is 111 cm³/mol. The maximum atomic E-state index is 14.7. The van der Waals surface area contributed by atoms with Crippen LogP contribution in [-0.4, -0.2) is 23.9 Å². The summed E-state index contributed by atoms with van der Waals surface area (Å²) < 4.78 is 97.6. The van der Waals surface area contributed by atoms with E-state index in [-0.39, 0.29) is 22.9 Å². The second kappa shape index (κ2) is 10.0. The molecule has 0 spiro atoms. The summed E-state index contributed by atoms with van der Waals surface area (Å²) in [5.74, 6) is -0.518. The zero-order valence-electron chi connectivity index (χ0n) is 17.7. The van der Waals surface area contributed by atoms with E-state index in [0.29, 0.717) is 11.8 Å². The topological polar surface area (TPSA) is 41.5 Å². The molecule has 0 amide bonds. The minimum Gasteiger partial charge on any atom is -0.457 e. The van der Waals surface area contributed by atoms with Crippen molar-refractivity contribution in [3.05, 3.63) is 94.8 Å². The number of ether oxygens (including phenoxy) is 1. The first-order chi connectivity index (χ1) is 15.8. The molecule has 182 valence electrons. The fraction of sp³-hybridized carbons (Fsp3) is 0.250. The molecule has 2 atom stereocenters. The number of halogens is 7. The molecule has 10 heteroatoms. The lowest BCUT2D eigenvalue weighted by molar-refractivity contribution is -0.202. The van der Waals surface area contributed by atoms with E-state index < -0.39 is 42.4 Å². The molecule has 0 saturated carbocycles. The highest BCUT2D eigenvalue weighted by Crippen LogP contribution is 2.34. The highest BCUT2D eigenvalue weighted by Gasteiger charge is 2.38. The molecular weight excluding hydrogens is 467 g/mol. The van der Waals surface area contributed by atoms with Gasteiger partial charge in [0.25, 0.3) is 0 Å². The molecule has 34 heavy (non-hydrogen) atoms. The van der Waals surface area contributed by atoms with Crippen molar-refractivity contribution in [3.63, 3.8) is 0 Å². The number of hydrogen-bond acceptors (Lipinski definition) is 3. The van der Waals surface area contributed by atoms with Crippen molar-refractivity contribution < 1.29 is 40.6 Å². The Balaban J connectivity index is 1.96. The molecular formula is C24H20F7NO2. The maximum absolute atomic E-state index is 14.7. The third-order valence-electron chi connectivity index (χ3n) is 4.98. The van der Waals surface area contributed by atoms with Crippen molar-refractivity contribution >= 4 is 0 Å². The summed E-state index contributed by atoms with van der Waals surface area (Å²) in [7, 11) is 0. The van der Waals surface area contributed by atoms with Crippen LogP contribution in [0.3, 0.4) is 0 Å². The zero-order valence-corrected chi connectivity index (χ0v) is 17.7. The SMILES string of the molecule is Cc1ccc(Oc2cccc(C(NC[C@@H](O)C(F)(F)F)c3ccc(C(F)(F)F)cc3F)c2)cc1. The summed E-state index contributed by atoms with van der Waals surface area (Å²) in [6.45, 7) is 0.867. The first-order valence-electron chi connectivity index (χ1n) is 10.0. The molecule has 3 nitrogen and oxygen atoms in total. The van der Waals surface area contributed by atoms with Crippen LogP contribution >= 0.6 is 0 Å². The van der Waals surface area contributed by atoms with E-state index in [4.69, 9.17) is 4.74 Å². The van der Waals surface area contributed by atoms with Crippen LogP contribution in [0.2, 0.25) is 0 Å². The summed E-state index contributed by atoms with van der Waals surface area (Å²) >= 11 is 0. The van der Waals surface area contributed by atoms with Gasteiger partial charge in [-0.25, -0.2) is 4.39 Å². The Kier molecular flexibility index (Phi) is 7.52. The van der Waals surface area contributed by atoms with Crippen LogP contribution in [0.25, 0.3) is 0 Å². The summed E-state index contributed by atoms with van der Waals surface area (Å²) in [5.41, 5.74) is -0.349. The molecule has 3 aromatic rings. The average Bonchev–Trinajstić information content (AvgIpc) is 2.75. The van der Waals surface area contributed by atoms with E-state index in [2.05, 4.69) is 5.32 Å². The summed E-state index contributed by atoms with van der Waals surface area (Å²) in [5, 5.41) is 11.8. The molecule has 0 aliphatic heterocycles. The Morgan fingerprint density at radius 2 is 1.56 bits per heavy atom. The molecule has 0 heterocycles. The molecule has 0 fully saturated rings. The fourth-order valence-electron chi connectivity index (χ4n) is 3.19. The largest absolute Gasteiger partial charge is 0.457 e. The molecule has 0 aromatic heterocycles. The Labute approximate surface area is 190 Å². The van der Waals surface area contributed by atoms with Crippen LogP contribution in [-0.2, 0) is 6.18 Å². The minimum atomic E-state index is -4.94. The third kappa shape index (κ3) is 6.48. The number of alkyl halides is 6. The van der Waals surface area contributed by atoms with Gasteiger partial charge in [-0.1, -0.05) is 35.9 Å². The summed E-state index contributed by atoms with van der Waals surface area (Å²) in [6, 6.07) is 13.4. The van der Waals surface area contributed by atoms with Gasteiger partial charge in [-0.15, -0.1) is 0 Å². The Hall–Kier alpha value is -3.11. The van der Waals surface area contributed by atoms with E-state index >= 15 is 0 Å². The number of aliphatic hydroxyl groups is 1. The van der Waals surface area contributed by atoms with Crippen LogP contribution in [0, 0.1) is 12.7 Å². The van der Waals surface area contributed by atoms with E-state index in [9.17, 15) is 35.8 Å². The van der Waals surface area contributed by atoms with E-state index in [1.807, 2.05) is 6.92 Å². The lowest BCUT2D eigenvalue weighted by atomic mass is 9.96. The van der Waals surface area contributed by atoms with Crippen molar-refractivity contribution in [2.45, 2.75) is 31.4 Å². The molecule has 3 rings (SSSR count). The summed E-state index contributed by atoms with van der Waals surface area (Å²) in [6.07, 6.45) is -12.5. The van der Waals surface area contributed by atoms with E-state index in [0.717, 1.165) is 11.6 Å². The Morgan fingerprint density at radius 1 is 0.882 bits per heavy atom. The van der Waals surface area contributed by atoms with E-state index in [1.165, 1.54) is 18.2 Å². The predicted octanol–water partition coefficient (Wildman–Crippen LogP) is 6.55. The van der Waals surface area contributed by atoms with Crippen LogP contribution in [0.15, 0.2) is 66.7 Å². The van der Waals surface area contributed by atoms with Gasteiger partial charge >= 0.3 is 12.4 Å². The van der Waals surface area contributed by atoms with Crippen molar-refractivity contribution in [1.82, 2.24) is 5.32 Å². The number of benzene rings is 3. The number of aliphatic hydroxyl groups excluding tert-OH is 1. The van der Waals surface area contributed by atoms with Gasteiger partial charge in [0.2, 0.25) is 0 Å². The van der Waals surface area contributed by atoms with Gasteiger partial charge in [0, 0.05) is 12.1 Å².